The molecule has 0 saturated heterocycles. The molecule has 0 aliphatic heterocycles. The minimum Gasteiger partial charge on any atom is -0.345 e. The Morgan fingerprint density at radius 3 is 2.44 bits per heavy atom. The third-order valence-electron chi connectivity index (χ3n) is 3.71. The van der Waals surface area contributed by atoms with Crippen molar-refractivity contribution in [3.8, 4) is 11.1 Å². The Labute approximate surface area is 146 Å². The summed E-state index contributed by atoms with van der Waals surface area (Å²) in [6, 6.07) is 11.3. The standard InChI is InChI=1S/C19H16FN3O.CH4/c1-13(14-4-6-18(20)7-5-14)23-19(24)17-9-16(11-22-12-17)15-3-2-8-21-10-15;/h2-13H,1H3,(H,23,24);1H4. The first-order valence-corrected chi connectivity index (χ1v) is 7.55. The molecular weight excluding hydrogens is 317 g/mol. The molecule has 0 fully saturated rings. The van der Waals surface area contributed by atoms with Crippen LogP contribution in [0.2, 0.25) is 0 Å². The van der Waals surface area contributed by atoms with Gasteiger partial charge < -0.3 is 5.32 Å². The second-order valence-corrected chi connectivity index (χ2v) is 5.45. The highest BCUT2D eigenvalue weighted by Gasteiger charge is 2.13. The predicted molar refractivity (Wildman–Crippen MR) is 96.5 cm³/mol. The van der Waals surface area contributed by atoms with Crippen LogP contribution in [-0.2, 0) is 0 Å². The number of nitrogens with zero attached hydrogens (tertiary/aromatic N) is 2. The van der Waals surface area contributed by atoms with Crippen LogP contribution < -0.4 is 5.32 Å². The van der Waals surface area contributed by atoms with E-state index in [0.717, 1.165) is 16.7 Å². The Balaban J connectivity index is 0.00000225. The molecular formula is C20H20FN3O. The molecule has 1 amide bonds. The van der Waals surface area contributed by atoms with Gasteiger partial charge in [0.25, 0.3) is 5.91 Å². The van der Waals surface area contributed by atoms with Gasteiger partial charge in [-0.3, -0.25) is 14.8 Å². The third kappa shape index (κ3) is 4.47. The van der Waals surface area contributed by atoms with Crippen molar-refractivity contribution in [2.45, 2.75) is 20.4 Å². The van der Waals surface area contributed by atoms with Gasteiger partial charge in [-0.2, -0.15) is 0 Å². The SMILES string of the molecule is C.CC(NC(=O)c1cncc(-c2cccnc2)c1)c1ccc(F)cc1. The van der Waals surface area contributed by atoms with Crippen LogP contribution >= 0.6 is 0 Å². The molecule has 0 spiro atoms. The van der Waals surface area contributed by atoms with E-state index in [4.69, 9.17) is 0 Å². The molecule has 1 aromatic carbocycles. The largest absolute Gasteiger partial charge is 0.345 e. The first-order valence-electron chi connectivity index (χ1n) is 7.55. The van der Waals surface area contributed by atoms with Gasteiger partial charge in [-0.15, -0.1) is 0 Å². The maximum atomic E-state index is 13.0. The molecule has 1 N–H and O–H groups in total. The van der Waals surface area contributed by atoms with Gasteiger partial charge in [-0.25, -0.2) is 4.39 Å². The van der Waals surface area contributed by atoms with E-state index in [0.29, 0.717) is 5.56 Å². The molecule has 3 rings (SSSR count). The highest BCUT2D eigenvalue weighted by Crippen LogP contribution is 2.19. The Hall–Kier alpha value is -3.08. The number of halogens is 1. The number of carbonyl (C=O) groups is 1. The predicted octanol–water partition coefficient (Wildman–Crippen LogP) is 4.41. The molecule has 1 atom stereocenters. The fraction of sp³-hybridized carbons (Fsp3) is 0.150. The summed E-state index contributed by atoms with van der Waals surface area (Å²) in [7, 11) is 0. The maximum absolute atomic E-state index is 13.0. The molecule has 0 radical (unpaired) electrons. The molecule has 128 valence electrons. The van der Waals surface area contributed by atoms with Crippen molar-refractivity contribution in [1.29, 1.82) is 0 Å². The number of hydrogen-bond donors (Lipinski definition) is 1. The molecule has 5 heteroatoms. The van der Waals surface area contributed by atoms with Gasteiger partial charge in [-0.1, -0.05) is 25.6 Å². The van der Waals surface area contributed by atoms with Crippen molar-refractivity contribution in [1.82, 2.24) is 15.3 Å². The quantitative estimate of drug-likeness (QED) is 0.767. The van der Waals surface area contributed by atoms with Crippen molar-refractivity contribution in [3.63, 3.8) is 0 Å². The summed E-state index contributed by atoms with van der Waals surface area (Å²) in [6.45, 7) is 1.85. The number of pyridine rings is 2. The zero-order chi connectivity index (χ0) is 16.9. The Bertz CT molecular complexity index is 835. The highest BCUT2D eigenvalue weighted by atomic mass is 19.1. The molecule has 0 bridgehead atoms. The van der Waals surface area contributed by atoms with Crippen LogP contribution in [-0.4, -0.2) is 15.9 Å². The number of nitrogens with one attached hydrogen (secondary N) is 1. The summed E-state index contributed by atoms with van der Waals surface area (Å²) in [5.74, 6) is -0.532. The van der Waals surface area contributed by atoms with E-state index in [-0.39, 0.29) is 25.2 Å². The third-order valence-corrected chi connectivity index (χ3v) is 3.71. The summed E-state index contributed by atoms with van der Waals surface area (Å²) in [5.41, 5.74) is 3.02. The molecule has 2 heterocycles. The summed E-state index contributed by atoms with van der Waals surface area (Å²) in [4.78, 5) is 20.6. The van der Waals surface area contributed by atoms with Crippen LogP contribution in [0.15, 0.2) is 67.3 Å². The Morgan fingerprint density at radius 2 is 1.76 bits per heavy atom. The first-order chi connectivity index (χ1) is 11.6. The molecule has 0 saturated carbocycles. The maximum Gasteiger partial charge on any atom is 0.253 e. The zero-order valence-electron chi connectivity index (χ0n) is 13.1. The first kappa shape index (κ1) is 18.3. The van der Waals surface area contributed by atoms with E-state index >= 15 is 0 Å². The summed E-state index contributed by atoms with van der Waals surface area (Å²) in [5, 5.41) is 2.89. The van der Waals surface area contributed by atoms with Crippen LogP contribution in [0.25, 0.3) is 11.1 Å². The zero-order valence-corrected chi connectivity index (χ0v) is 13.1. The fourth-order valence-corrected chi connectivity index (χ4v) is 2.37. The average Bonchev–Trinajstić information content (AvgIpc) is 2.63. The van der Waals surface area contributed by atoms with Crippen molar-refractivity contribution in [3.05, 3.63) is 84.2 Å². The Morgan fingerprint density at radius 1 is 1.04 bits per heavy atom. The number of rotatable bonds is 4. The second-order valence-electron chi connectivity index (χ2n) is 5.45. The van der Waals surface area contributed by atoms with Gasteiger partial charge in [0.2, 0.25) is 0 Å². The van der Waals surface area contributed by atoms with Crippen LogP contribution in [0.1, 0.15) is 36.3 Å². The van der Waals surface area contributed by atoms with E-state index in [9.17, 15) is 9.18 Å². The van der Waals surface area contributed by atoms with Gasteiger partial charge in [0.05, 0.1) is 11.6 Å². The fourth-order valence-electron chi connectivity index (χ4n) is 2.37. The van der Waals surface area contributed by atoms with Gasteiger partial charge in [0.15, 0.2) is 0 Å². The number of carbonyl (C=O) groups excluding carboxylic acids is 1. The lowest BCUT2D eigenvalue weighted by molar-refractivity contribution is 0.0939. The van der Waals surface area contributed by atoms with Crippen LogP contribution in [0.3, 0.4) is 0 Å². The van der Waals surface area contributed by atoms with Gasteiger partial charge in [-0.05, 0) is 36.8 Å². The van der Waals surface area contributed by atoms with Crippen molar-refractivity contribution in [2.75, 3.05) is 0 Å². The van der Waals surface area contributed by atoms with E-state index in [1.165, 1.54) is 18.3 Å². The van der Waals surface area contributed by atoms with Crippen molar-refractivity contribution < 1.29 is 9.18 Å². The minimum absolute atomic E-state index is 0. The van der Waals surface area contributed by atoms with Gasteiger partial charge >= 0.3 is 0 Å². The number of amides is 1. The highest BCUT2D eigenvalue weighted by molar-refractivity contribution is 5.95. The number of hydrogen-bond acceptors (Lipinski definition) is 3. The lowest BCUT2D eigenvalue weighted by Gasteiger charge is -2.14. The Kier molecular flexibility index (Phi) is 5.95. The van der Waals surface area contributed by atoms with Crippen LogP contribution in [0.5, 0.6) is 0 Å². The topological polar surface area (TPSA) is 54.9 Å². The summed E-state index contributed by atoms with van der Waals surface area (Å²) >= 11 is 0. The molecule has 1 unspecified atom stereocenters. The van der Waals surface area contributed by atoms with E-state index < -0.39 is 0 Å². The number of aromatic nitrogens is 2. The van der Waals surface area contributed by atoms with Gasteiger partial charge in [0.1, 0.15) is 5.82 Å². The summed E-state index contributed by atoms with van der Waals surface area (Å²) < 4.78 is 13.0. The van der Waals surface area contributed by atoms with Crippen LogP contribution in [0.4, 0.5) is 4.39 Å². The minimum atomic E-state index is -0.300. The lowest BCUT2D eigenvalue weighted by Crippen LogP contribution is -2.26. The number of benzene rings is 1. The van der Waals surface area contributed by atoms with E-state index in [2.05, 4.69) is 15.3 Å². The molecule has 0 aliphatic rings. The average molecular weight is 337 g/mol. The van der Waals surface area contributed by atoms with Crippen molar-refractivity contribution in [2.24, 2.45) is 0 Å². The molecule has 0 aliphatic carbocycles. The monoisotopic (exact) mass is 337 g/mol. The van der Waals surface area contributed by atoms with Crippen LogP contribution in [0, 0.1) is 5.82 Å². The van der Waals surface area contributed by atoms with Crippen molar-refractivity contribution >= 4 is 5.91 Å². The normalized spacial score (nSPS) is 11.3. The van der Waals surface area contributed by atoms with Gasteiger partial charge in [0, 0.05) is 35.9 Å². The molecule has 2 aromatic heterocycles. The summed E-state index contributed by atoms with van der Waals surface area (Å²) in [6.07, 6.45) is 6.63. The van der Waals surface area contributed by atoms with E-state index in [1.807, 2.05) is 19.1 Å². The second kappa shape index (κ2) is 8.15. The molecule has 3 aromatic rings. The van der Waals surface area contributed by atoms with E-state index in [1.54, 1.807) is 36.8 Å². The smallest absolute Gasteiger partial charge is 0.253 e. The molecule has 25 heavy (non-hydrogen) atoms. The lowest BCUT2D eigenvalue weighted by atomic mass is 10.1. The molecule has 4 nitrogen and oxygen atoms in total.